The Morgan fingerprint density at radius 3 is 2.81 bits per heavy atom. The highest BCUT2D eigenvalue weighted by Gasteiger charge is 2.31. The van der Waals surface area contributed by atoms with Gasteiger partial charge in [-0.05, 0) is 25.0 Å². The number of carbonyl (C=O) groups excluding carboxylic acids is 1. The number of hydrogen-bond acceptors (Lipinski definition) is 3. The molecule has 1 N–H and O–H groups in total. The first-order chi connectivity index (χ1) is 7.66. The number of piperidine rings is 1. The normalized spacial score (nSPS) is 20.8. The van der Waals surface area contributed by atoms with Crippen molar-refractivity contribution in [3.05, 3.63) is 0 Å². The van der Waals surface area contributed by atoms with Gasteiger partial charge in [0.15, 0.2) is 0 Å². The van der Waals surface area contributed by atoms with Gasteiger partial charge in [0.05, 0.1) is 0 Å². The van der Waals surface area contributed by atoms with Crippen molar-refractivity contribution < 1.29 is 14.7 Å². The van der Waals surface area contributed by atoms with Crippen molar-refractivity contribution in [2.24, 2.45) is 0 Å². The first-order valence-electron chi connectivity index (χ1n) is 5.76. The minimum absolute atomic E-state index is 0.00644. The van der Waals surface area contributed by atoms with Crippen LogP contribution in [0.1, 0.15) is 32.6 Å². The average Bonchev–Trinajstić information content (AvgIpc) is 2.29. The molecule has 0 saturated carbocycles. The highest BCUT2D eigenvalue weighted by molar-refractivity contribution is 7.99. The van der Waals surface area contributed by atoms with Crippen molar-refractivity contribution in [1.29, 1.82) is 0 Å². The molecule has 1 unspecified atom stereocenters. The lowest BCUT2D eigenvalue weighted by Gasteiger charge is -2.33. The second-order valence-electron chi connectivity index (χ2n) is 3.88. The van der Waals surface area contributed by atoms with Crippen LogP contribution in [0.15, 0.2) is 0 Å². The largest absolute Gasteiger partial charge is 0.480 e. The van der Waals surface area contributed by atoms with E-state index in [1.54, 1.807) is 16.7 Å². The molecular weight excluding hydrogens is 226 g/mol. The van der Waals surface area contributed by atoms with E-state index in [1.807, 2.05) is 0 Å². The third-order valence-electron chi connectivity index (χ3n) is 2.77. The molecule has 0 bridgehead atoms. The Labute approximate surface area is 100 Å². The van der Waals surface area contributed by atoms with Crippen LogP contribution in [0.25, 0.3) is 0 Å². The molecule has 5 heteroatoms. The van der Waals surface area contributed by atoms with Gasteiger partial charge >= 0.3 is 5.97 Å². The van der Waals surface area contributed by atoms with E-state index in [4.69, 9.17) is 5.11 Å². The smallest absolute Gasteiger partial charge is 0.326 e. The lowest BCUT2D eigenvalue weighted by atomic mass is 10.0. The van der Waals surface area contributed by atoms with Gasteiger partial charge in [-0.2, -0.15) is 11.8 Å². The molecule has 1 fully saturated rings. The summed E-state index contributed by atoms with van der Waals surface area (Å²) in [6.07, 6.45) is 2.89. The summed E-state index contributed by atoms with van der Waals surface area (Å²) in [5.74, 6) is 0.914. The highest BCUT2D eigenvalue weighted by atomic mass is 32.2. The van der Waals surface area contributed by atoms with Crippen LogP contribution in [0.2, 0.25) is 0 Å². The van der Waals surface area contributed by atoms with E-state index >= 15 is 0 Å². The molecule has 92 valence electrons. The van der Waals surface area contributed by atoms with Crippen LogP contribution in [0.5, 0.6) is 0 Å². The van der Waals surface area contributed by atoms with Gasteiger partial charge in [-0.15, -0.1) is 0 Å². The first-order valence-corrected chi connectivity index (χ1v) is 6.92. The van der Waals surface area contributed by atoms with Crippen LogP contribution in [0.3, 0.4) is 0 Å². The van der Waals surface area contributed by atoms with E-state index < -0.39 is 12.0 Å². The highest BCUT2D eigenvalue weighted by Crippen LogP contribution is 2.18. The number of aliphatic carboxylic acids is 1. The van der Waals surface area contributed by atoms with E-state index in [0.717, 1.165) is 24.3 Å². The minimum Gasteiger partial charge on any atom is -0.480 e. The maximum Gasteiger partial charge on any atom is 0.326 e. The van der Waals surface area contributed by atoms with Crippen molar-refractivity contribution in [2.45, 2.75) is 38.6 Å². The zero-order valence-electron chi connectivity index (χ0n) is 9.65. The van der Waals surface area contributed by atoms with Crippen LogP contribution < -0.4 is 0 Å². The predicted molar refractivity (Wildman–Crippen MR) is 64.6 cm³/mol. The summed E-state index contributed by atoms with van der Waals surface area (Å²) in [5, 5.41) is 9.03. The number of carboxylic acids is 1. The number of thioether (sulfide) groups is 1. The van der Waals surface area contributed by atoms with E-state index in [2.05, 4.69) is 6.92 Å². The molecule has 0 aromatic heterocycles. The van der Waals surface area contributed by atoms with Crippen molar-refractivity contribution in [1.82, 2.24) is 4.90 Å². The predicted octanol–water partition coefficient (Wildman–Crippen LogP) is 1.60. The van der Waals surface area contributed by atoms with Gasteiger partial charge in [-0.1, -0.05) is 6.92 Å². The summed E-state index contributed by atoms with van der Waals surface area (Å²) < 4.78 is 0. The number of nitrogens with zero attached hydrogens (tertiary/aromatic N) is 1. The number of carbonyl (C=O) groups is 2. The fourth-order valence-corrected chi connectivity index (χ4v) is 2.54. The second kappa shape index (κ2) is 6.78. The third-order valence-corrected chi connectivity index (χ3v) is 3.67. The fraction of sp³-hybridized carbons (Fsp3) is 0.818. The summed E-state index contributed by atoms with van der Waals surface area (Å²) in [6, 6.07) is -0.590. The molecule has 1 aliphatic heterocycles. The molecule has 0 spiro atoms. The maximum atomic E-state index is 11.8. The summed E-state index contributed by atoms with van der Waals surface area (Å²) in [6.45, 7) is 2.66. The molecule has 0 radical (unpaired) electrons. The number of hydrogen-bond donors (Lipinski definition) is 1. The molecule has 4 nitrogen and oxygen atoms in total. The molecule has 0 aliphatic carbocycles. The standard InChI is InChI=1S/C11H19NO3S/c1-2-16-8-6-10(13)12-7-4-3-5-9(12)11(14)15/h9H,2-8H2,1H3,(H,14,15). The number of carboxylic acid groups (broad SMARTS) is 1. The Morgan fingerprint density at radius 1 is 1.44 bits per heavy atom. The van der Waals surface area contributed by atoms with E-state index in [-0.39, 0.29) is 5.91 Å². The zero-order valence-corrected chi connectivity index (χ0v) is 10.5. The van der Waals surface area contributed by atoms with Crippen LogP contribution in [-0.2, 0) is 9.59 Å². The topological polar surface area (TPSA) is 57.6 Å². The van der Waals surface area contributed by atoms with Gasteiger partial charge in [0.2, 0.25) is 5.91 Å². The van der Waals surface area contributed by atoms with Gasteiger partial charge in [-0.3, -0.25) is 4.79 Å². The lowest BCUT2D eigenvalue weighted by molar-refractivity contribution is -0.151. The third kappa shape index (κ3) is 3.70. The SMILES string of the molecule is CCSCCC(=O)N1CCCCC1C(=O)O. The minimum atomic E-state index is -0.865. The first kappa shape index (κ1) is 13.4. The molecule has 1 heterocycles. The Kier molecular flexibility index (Phi) is 5.66. The van der Waals surface area contributed by atoms with Crippen LogP contribution in [-0.4, -0.2) is 46.0 Å². The van der Waals surface area contributed by atoms with Crippen molar-refractivity contribution in [3.8, 4) is 0 Å². The Hall–Kier alpha value is -0.710. The Bertz CT molecular complexity index is 258. The number of likely N-dealkylation sites (tertiary alicyclic amines) is 1. The van der Waals surface area contributed by atoms with Gasteiger partial charge in [0, 0.05) is 18.7 Å². The van der Waals surface area contributed by atoms with Gasteiger partial charge in [-0.25, -0.2) is 4.79 Å². The van der Waals surface area contributed by atoms with E-state index in [1.165, 1.54) is 0 Å². The molecular formula is C11H19NO3S. The lowest BCUT2D eigenvalue weighted by Crippen LogP contribution is -2.48. The summed E-state index contributed by atoms with van der Waals surface area (Å²) >= 11 is 1.72. The zero-order chi connectivity index (χ0) is 12.0. The molecule has 1 rings (SSSR count). The van der Waals surface area contributed by atoms with Crippen molar-refractivity contribution in [2.75, 3.05) is 18.1 Å². The van der Waals surface area contributed by atoms with Gasteiger partial charge in [0.25, 0.3) is 0 Å². The van der Waals surface area contributed by atoms with Crippen LogP contribution in [0, 0.1) is 0 Å². The van der Waals surface area contributed by atoms with E-state index in [9.17, 15) is 9.59 Å². The monoisotopic (exact) mass is 245 g/mol. The molecule has 1 aliphatic rings. The fourth-order valence-electron chi connectivity index (χ4n) is 1.93. The van der Waals surface area contributed by atoms with Gasteiger partial charge in [0.1, 0.15) is 6.04 Å². The molecule has 1 amide bonds. The second-order valence-corrected chi connectivity index (χ2v) is 5.28. The maximum absolute atomic E-state index is 11.8. The van der Waals surface area contributed by atoms with Crippen molar-refractivity contribution in [3.63, 3.8) is 0 Å². The Morgan fingerprint density at radius 2 is 2.19 bits per heavy atom. The van der Waals surface area contributed by atoms with Crippen LogP contribution >= 0.6 is 11.8 Å². The molecule has 0 aromatic carbocycles. The Balaban J connectivity index is 2.47. The molecule has 16 heavy (non-hydrogen) atoms. The molecule has 1 saturated heterocycles. The quantitative estimate of drug-likeness (QED) is 0.747. The summed E-state index contributed by atoms with van der Waals surface area (Å²) in [5.41, 5.74) is 0. The molecule has 0 aromatic rings. The average molecular weight is 245 g/mol. The van der Waals surface area contributed by atoms with Gasteiger partial charge < -0.3 is 10.0 Å². The number of rotatable bonds is 5. The molecule has 1 atom stereocenters. The van der Waals surface area contributed by atoms with Crippen LogP contribution in [0.4, 0.5) is 0 Å². The number of amides is 1. The summed E-state index contributed by atoms with van der Waals surface area (Å²) in [4.78, 5) is 24.4. The van der Waals surface area contributed by atoms with E-state index in [0.29, 0.717) is 19.4 Å². The van der Waals surface area contributed by atoms with Crippen molar-refractivity contribution >= 4 is 23.6 Å². The summed E-state index contributed by atoms with van der Waals surface area (Å²) in [7, 11) is 0.